The van der Waals surface area contributed by atoms with E-state index in [1.54, 1.807) is 11.0 Å². The summed E-state index contributed by atoms with van der Waals surface area (Å²) in [6.45, 7) is 1.95. The van der Waals surface area contributed by atoms with Crippen LogP contribution in [0.1, 0.15) is 23.2 Å². The number of benzene rings is 1. The molecular weight excluding hydrogens is 283 g/mol. The van der Waals surface area contributed by atoms with E-state index in [-0.39, 0.29) is 24.1 Å². The van der Waals surface area contributed by atoms with E-state index in [2.05, 4.69) is 0 Å². The average molecular weight is 303 g/mol. The molecule has 4 nitrogen and oxygen atoms in total. The molecule has 0 spiro atoms. The van der Waals surface area contributed by atoms with Crippen molar-refractivity contribution in [2.45, 2.75) is 12.8 Å². The van der Waals surface area contributed by atoms with Crippen molar-refractivity contribution >= 4 is 18.3 Å². The van der Waals surface area contributed by atoms with Crippen molar-refractivity contribution in [3.63, 3.8) is 0 Å². The molecular formula is C14H20ClFN2O2. The van der Waals surface area contributed by atoms with Crippen LogP contribution in [0.25, 0.3) is 0 Å². The van der Waals surface area contributed by atoms with E-state index in [9.17, 15) is 9.18 Å². The van der Waals surface area contributed by atoms with E-state index in [1.807, 2.05) is 0 Å². The Morgan fingerprint density at radius 1 is 1.55 bits per heavy atom. The van der Waals surface area contributed by atoms with Crippen LogP contribution in [0.4, 0.5) is 4.39 Å². The zero-order chi connectivity index (χ0) is 13.8. The highest BCUT2D eigenvalue weighted by Gasteiger charge is 2.24. The Hall–Kier alpha value is -1.33. The van der Waals surface area contributed by atoms with Crippen molar-refractivity contribution in [2.24, 2.45) is 11.7 Å². The van der Waals surface area contributed by atoms with Gasteiger partial charge in [0.2, 0.25) is 0 Å². The number of methoxy groups -OCH3 is 1. The first kappa shape index (κ1) is 16.7. The number of piperidine rings is 1. The Morgan fingerprint density at radius 2 is 2.30 bits per heavy atom. The maximum absolute atomic E-state index is 13.6. The Bertz CT molecular complexity index is 470. The molecule has 0 aliphatic carbocycles. The summed E-state index contributed by atoms with van der Waals surface area (Å²) in [6.07, 6.45) is 2.00. The molecule has 1 unspecified atom stereocenters. The minimum atomic E-state index is -0.513. The van der Waals surface area contributed by atoms with Crippen LogP contribution in [0.15, 0.2) is 18.2 Å². The zero-order valence-electron chi connectivity index (χ0n) is 11.5. The number of ether oxygens (including phenoxy) is 1. The number of halogens is 2. The molecule has 0 saturated carbocycles. The topological polar surface area (TPSA) is 55.6 Å². The van der Waals surface area contributed by atoms with Crippen LogP contribution >= 0.6 is 12.4 Å². The van der Waals surface area contributed by atoms with Crippen LogP contribution < -0.4 is 10.5 Å². The van der Waals surface area contributed by atoms with Gasteiger partial charge in [0.15, 0.2) is 11.6 Å². The van der Waals surface area contributed by atoms with Gasteiger partial charge in [0.25, 0.3) is 5.91 Å². The molecule has 1 aliphatic heterocycles. The second kappa shape index (κ2) is 7.45. The molecule has 1 saturated heterocycles. The van der Waals surface area contributed by atoms with Crippen LogP contribution in [-0.2, 0) is 0 Å². The fourth-order valence-electron chi connectivity index (χ4n) is 2.42. The Balaban J connectivity index is 0.00000200. The Kier molecular flexibility index (Phi) is 6.23. The molecule has 112 valence electrons. The van der Waals surface area contributed by atoms with Gasteiger partial charge in [-0.2, -0.15) is 0 Å². The summed E-state index contributed by atoms with van der Waals surface area (Å²) in [6, 6.07) is 4.30. The lowest BCUT2D eigenvalue weighted by atomic mass is 9.97. The molecule has 1 amide bonds. The molecule has 1 aromatic rings. The summed E-state index contributed by atoms with van der Waals surface area (Å²) in [5, 5.41) is 0. The molecule has 0 bridgehead atoms. The van der Waals surface area contributed by atoms with Crippen LogP contribution in [0, 0.1) is 11.7 Å². The molecule has 20 heavy (non-hydrogen) atoms. The molecule has 1 aliphatic rings. The fraction of sp³-hybridized carbons (Fsp3) is 0.500. The predicted molar refractivity (Wildman–Crippen MR) is 77.9 cm³/mol. The van der Waals surface area contributed by atoms with E-state index in [0.29, 0.717) is 31.1 Å². The van der Waals surface area contributed by atoms with Crippen molar-refractivity contribution < 1.29 is 13.9 Å². The van der Waals surface area contributed by atoms with E-state index < -0.39 is 5.82 Å². The zero-order valence-corrected chi connectivity index (χ0v) is 12.3. The summed E-state index contributed by atoms with van der Waals surface area (Å²) in [7, 11) is 1.40. The number of hydrogen-bond donors (Lipinski definition) is 1. The van der Waals surface area contributed by atoms with Crippen LogP contribution in [0.2, 0.25) is 0 Å². The standard InChI is InChI=1S/C14H19FN2O2.ClH/c1-19-13-5-4-11(7-12(13)15)14(18)17-6-2-3-10(8-16)9-17;/h4-5,7,10H,2-3,6,8-9,16H2,1H3;1H. The van der Waals surface area contributed by atoms with Gasteiger partial charge in [-0.05, 0) is 43.5 Å². The van der Waals surface area contributed by atoms with Crippen LogP contribution in [-0.4, -0.2) is 37.6 Å². The van der Waals surface area contributed by atoms with Gasteiger partial charge in [0, 0.05) is 18.7 Å². The van der Waals surface area contributed by atoms with Gasteiger partial charge in [-0.3, -0.25) is 4.79 Å². The van der Waals surface area contributed by atoms with Crippen molar-refractivity contribution in [3.05, 3.63) is 29.6 Å². The number of nitrogens with zero attached hydrogens (tertiary/aromatic N) is 1. The summed E-state index contributed by atoms with van der Waals surface area (Å²) in [5.41, 5.74) is 6.01. The highest BCUT2D eigenvalue weighted by molar-refractivity contribution is 5.94. The largest absolute Gasteiger partial charge is 0.494 e. The Labute approximate surface area is 124 Å². The third kappa shape index (κ3) is 3.61. The van der Waals surface area contributed by atoms with Gasteiger partial charge >= 0.3 is 0 Å². The van der Waals surface area contributed by atoms with Gasteiger partial charge in [-0.15, -0.1) is 12.4 Å². The number of amides is 1. The van der Waals surface area contributed by atoms with Crippen molar-refractivity contribution in [3.8, 4) is 5.75 Å². The van der Waals surface area contributed by atoms with Gasteiger partial charge in [-0.25, -0.2) is 4.39 Å². The summed E-state index contributed by atoms with van der Waals surface area (Å²) in [5.74, 6) is -0.156. The fourth-order valence-corrected chi connectivity index (χ4v) is 2.42. The van der Waals surface area contributed by atoms with E-state index in [0.717, 1.165) is 12.8 Å². The van der Waals surface area contributed by atoms with Crippen LogP contribution in [0.5, 0.6) is 5.75 Å². The molecule has 1 heterocycles. The molecule has 6 heteroatoms. The SMILES string of the molecule is COc1ccc(C(=O)N2CCCC(CN)C2)cc1F.Cl. The van der Waals surface area contributed by atoms with Gasteiger partial charge < -0.3 is 15.4 Å². The van der Waals surface area contributed by atoms with E-state index >= 15 is 0 Å². The number of likely N-dealkylation sites (tertiary alicyclic amines) is 1. The summed E-state index contributed by atoms with van der Waals surface area (Å²) < 4.78 is 18.4. The second-order valence-corrected chi connectivity index (χ2v) is 4.84. The summed E-state index contributed by atoms with van der Waals surface area (Å²) in [4.78, 5) is 14.0. The van der Waals surface area contributed by atoms with Crippen molar-refractivity contribution in [1.82, 2.24) is 4.90 Å². The number of carbonyl (C=O) groups excluding carboxylic acids is 1. The lowest BCUT2D eigenvalue weighted by Gasteiger charge is -2.32. The molecule has 0 radical (unpaired) electrons. The van der Waals surface area contributed by atoms with E-state index in [4.69, 9.17) is 10.5 Å². The highest BCUT2D eigenvalue weighted by atomic mass is 35.5. The molecule has 2 rings (SSSR count). The van der Waals surface area contributed by atoms with Gasteiger partial charge in [-0.1, -0.05) is 0 Å². The minimum absolute atomic E-state index is 0. The first-order valence-corrected chi connectivity index (χ1v) is 6.48. The average Bonchev–Trinajstić information content (AvgIpc) is 2.46. The monoisotopic (exact) mass is 302 g/mol. The first-order valence-electron chi connectivity index (χ1n) is 6.48. The number of nitrogens with two attached hydrogens (primary N) is 1. The number of hydrogen-bond acceptors (Lipinski definition) is 3. The normalized spacial score (nSPS) is 18.4. The van der Waals surface area contributed by atoms with Crippen molar-refractivity contribution in [2.75, 3.05) is 26.7 Å². The number of carbonyl (C=O) groups is 1. The van der Waals surface area contributed by atoms with Crippen molar-refractivity contribution in [1.29, 1.82) is 0 Å². The molecule has 1 fully saturated rings. The van der Waals surface area contributed by atoms with Gasteiger partial charge in [0.1, 0.15) is 0 Å². The lowest BCUT2D eigenvalue weighted by Crippen LogP contribution is -2.42. The lowest BCUT2D eigenvalue weighted by molar-refractivity contribution is 0.0677. The minimum Gasteiger partial charge on any atom is -0.494 e. The maximum atomic E-state index is 13.6. The third-order valence-electron chi connectivity index (χ3n) is 3.54. The highest BCUT2D eigenvalue weighted by Crippen LogP contribution is 2.21. The third-order valence-corrected chi connectivity index (χ3v) is 3.54. The molecule has 1 aromatic carbocycles. The predicted octanol–water partition coefficient (Wildman–Crippen LogP) is 2.07. The van der Waals surface area contributed by atoms with E-state index in [1.165, 1.54) is 19.2 Å². The first-order chi connectivity index (χ1) is 9.15. The number of rotatable bonds is 3. The quantitative estimate of drug-likeness (QED) is 0.930. The smallest absolute Gasteiger partial charge is 0.253 e. The maximum Gasteiger partial charge on any atom is 0.253 e. The van der Waals surface area contributed by atoms with Gasteiger partial charge in [0.05, 0.1) is 7.11 Å². The molecule has 1 atom stereocenters. The van der Waals surface area contributed by atoms with Crippen LogP contribution in [0.3, 0.4) is 0 Å². The second-order valence-electron chi connectivity index (χ2n) is 4.84. The summed E-state index contributed by atoms with van der Waals surface area (Å²) >= 11 is 0. The molecule has 2 N–H and O–H groups in total. The molecule has 0 aromatic heterocycles. The Morgan fingerprint density at radius 3 is 2.90 bits per heavy atom.